The first-order valence-corrected chi connectivity index (χ1v) is 7.16. The summed E-state index contributed by atoms with van der Waals surface area (Å²) < 4.78 is 37.7. The van der Waals surface area contributed by atoms with Crippen LogP contribution in [0.4, 0.5) is 18.9 Å². The second-order valence-corrected chi connectivity index (χ2v) is 6.49. The van der Waals surface area contributed by atoms with E-state index in [1.54, 1.807) is 18.2 Å². The molecule has 0 fully saturated rings. The molecule has 100 valence electrons. The van der Waals surface area contributed by atoms with E-state index in [9.17, 15) is 18.0 Å². The first-order chi connectivity index (χ1) is 8.19. The lowest BCUT2D eigenvalue weighted by Gasteiger charge is -2.14. The van der Waals surface area contributed by atoms with Gasteiger partial charge in [0.2, 0.25) is 5.91 Å². The van der Waals surface area contributed by atoms with E-state index >= 15 is 0 Å². The zero-order chi connectivity index (χ0) is 13.9. The van der Waals surface area contributed by atoms with Gasteiger partial charge in [0.05, 0.1) is 10.9 Å². The van der Waals surface area contributed by atoms with Crippen molar-refractivity contribution in [1.29, 1.82) is 0 Å². The van der Waals surface area contributed by atoms with Crippen LogP contribution in [-0.2, 0) is 4.79 Å². The van der Waals surface area contributed by atoms with E-state index in [1.807, 2.05) is 0 Å². The maximum atomic E-state index is 12.1. The summed E-state index contributed by atoms with van der Waals surface area (Å²) in [6.07, 6.45) is 0. The fourth-order valence-electron chi connectivity index (χ4n) is 1.08. The number of hydrogen-bond donors (Lipinski definition) is 1. The van der Waals surface area contributed by atoms with Gasteiger partial charge in [-0.2, -0.15) is 13.2 Å². The minimum atomic E-state index is -4.42. The highest BCUT2D eigenvalue weighted by atomic mass is 79.9. The van der Waals surface area contributed by atoms with Crippen molar-refractivity contribution in [2.45, 2.75) is 17.7 Å². The van der Waals surface area contributed by atoms with Crippen molar-refractivity contribution in [3.63, 3.8) is 0 Å². The smallest absolute Gasteiger partial charge is 0.324 e. The van der Waals surface area contributed by atoms with E-state index in [4.69, 9.17) is 0 Å². The number of rotatable bonds is 3. The molecule has 8 heteroatoms. The molecule has 0 saturated heterocycles. The van der Waals surface area contributed by atoms with Gasteiger partial charge in [0.1, 0.15) is 0 Å². The molecule has 0 aromatic heterocycles. The van der Waals surface area contributed by atoms with E-state index < -0.39 is 16.7 Å². The number of amides is 1. The fourth-order valence-corrected chi connectivity index (χ4v) is 2.79. The predicted octanol–water partition coefficient (Wildman–Crippen LogP) is 4.79. The topological polar surface area (TPSA) is 29.1 Å². The molecule has 2 nitrogen and oxygen atoms in total. The summed E-state index contributed by atoms with van der Waals surface area (Å²) in [6.45, 7) is 1.21. The van der Waals surface area contributed by atoms with Gasteiger partial charge in [0, 0.05) is 8.95 Å². The predicted molar refractivity (Wildman–Crippen MR) is 73.6 cm³/mol. The van der Waals surface area contributed by atoms with Crippen LogP contribution in [0.5, 0.6) is 0 Å². The van der Waals surface area contributed by atoms with E-state index in [0.717, 1.165) is 4.47 Å². The number of thioether (sulfide) groups is 1. The summed E-state index contributed by atoms with van der Waals surface area (Å²) in [7, 11) is 0. The Balaban J connectivity index is 2.70. The van der Waals surface area contributed by atoms with Gasteiger partial charge in [-0.25, -0.2) is 0 Å². The zero-order valence-corrected chi connectivity index (χ0v) is 13.0. The zero-order valence-electron chi connectivity index (χ0n) is 9.02. The Morgan fingerprint density at radius 1 is 1.39 bits per heavy atom. The van der Waals surface area contributed by atoms with Crippen LogP contribution in [0.1, 0.15) is 6.92 Å². The lowest BCUT2D eigenvalue weighted by molar-refractivity contribution is -0.115. The number of benzene rings is 1. The van der Waals surface area contributed by atoms with Gasteiger partial charge in [-0.15, -0.1) is 0 Å². The molecule has 0 unspecified atom stereocenters. The first-order valence-electron chi connectivity index (χ1n) is 4.69. The molecule has 0 spiro atoms. The summed E-state index contributed by atoms with van der Waals surface area (Å²) in [5.74, 6) is -0.694. The number of hydrogen-bond acceptors (Lipinski definition) is 2. The number of carbonyl (C=O) groups excluding carboxylic acids is 1. The second-order valence-electron chi connectivity index (χ2n) is 3.32. The largest absolute Gasteiger partial charge is 0.442 e. The van der Waals surface area contributed by atoms with Crippen LogP contribution >= 0.6 is 43.6 Å². The van der Waals surface area contributed by atoms with Crippen LogP contribution in [0.2, 0.25) is 0 Å². The summed E-state index contributed by atoms with van der Waals surface area (Å²) in [6, 6.07) is 4.97. The molecule has 0 aliphatic rings. The van der Waals surface area contributed by atoms with Gasteiger partial charge >= 0.3 is 5.51 Å². The van der Waals surface area contributed by atoms with E-state index in [1.165, 1.54) is 6.92 Å². The number of nitrogens with one attached hydrogen (secondary N) is 1. The van der Waals surface area contributed by atoms with Crippen LogP contribution in [-0.4, -0.2) is 16.7 Å². The highest BCUT2D eigenvalue weighted by molar-refractivity contribution is 9.11. The van der Waals surface area contributed by atoms with Gasteiger partial charge in [0.25, 0.3) is 0 Å². The molecular weight excluding hydrogens is 399 g/mol. The fraction of sp³-hybridized carbons (Fsp3) is 0.300. The molecule has 0 radical (unpaired) electrons. The van der Waals surface area contributed by atoms with Crippen LogP contribution in [0.25, 0.3) is 0 Å². The average molecular weight is 407 g/mol. The maximum Gasteiger partial charge on any atom is 0.442 e. The Labute approximate surface area is 123 Å². The van der Waals surface area contributed by atoms with Gasteiger partial charge < -0.3 is 5.32 Å². The normalized spacial score (nSPS) is 13.2. The molecule has 1 aromatic rings. The van der Waals surface area contributed by atoms with Crippen LogP contribution in [0.15, 0.2) is 27.1 Å². The second kappa shape index (κ2) is 6.29. The minimum absolute atomic E-state index is 0.344. The SMILES string of the molecule is C[C@@H](SC(F)(F)F)C(=O)Nc1ccc(Br)cc1Br. The molecular formula is C10H8Br2F3NOS. The van der Waals surface area contributed by atoms with Crippen LogP contribution in [0.3, 0.4) is 0 Å². The van der Waals surface area contributed by atoms with Crippen molar-refractivity contribution in [1.82, 2.24) is 0 Å². The molecule has 1 rings (SSSR count). The Kier molecular flexibility index (Phi) is 5.54. The van der Waals surface area contributed by atoms with Gasteiger partial charge in [0.15, 0.2) is 0 Å². The molecule has 0 aliphatic carbocycles. The molecule has 1 amide bonds. The minimum Gasteiger partial charge on any atom is -0.324 e. The van der Waals surface area contributed by atoms with Crippen molar-refractivity contribution in [3.05, 3.63) is 27.1 Å². The quantitative estimate of drug-likeness (QED) is 0.781. The Hall–Kier alpha value is -0.210. The number of carbonyl (C=O) groups is 1. The van der Waals surface area contributed by atoms with Crippen molar-refractivity contribution < 1.29 is 18.0 Å². The highest BCUT2D eigenvalue weighted by Gasteiger charge is 2.34. The Morgan fingerprint density at radius 3 is 2.50 bits per heavy atom. The van der Waals surface area contributed by atoms with Gasteiger partial charge in [-0.1, -0.05) is 15.9 Å². The third kappa shape index (κ3) is 5.19. The van der Waals surface area contributed by atoms with Crippen molar-refractivity contribution in [2.24, 2.45) is 0 Å². The monoisotopic (exact) mass is 405 g/mol. The molecule has 1 N–H and O–H groups in total. The molecule has 1 atom stereocenters. The molecule has 0 aliphatic heterocycles. The molecule has 0 heterocycles. The lowest BCUT2D eigenvalue weighted by Crippen LogP contribution is -2.25. The van der Waals surface area contributed by atoms with E-state index in [0.29, 0.717) is 10.2 Å². The summed E-state index contributed by atoms with van der Waals surface area (Å²) >= 11 is 6.10. The number of alkyl halides is 3. The molecule has 0 saturated carbocycles. The summed E-state index contributed by atoms with van der Waals surface area (Å²) in [5.41, 5.74) is -3.99. The highest BCUT2D eigenvalue weighted by Crippen LogP contribution is 2.34. The standard InChI is InChI=1S/C10H8Br2F3NOS/c1-5(18-10(13,14)15)9(17)16-8-3-2-6(11)4-7(8)12/h2-5H,1H3,(H,16,17)/t5-/m1/s1. The molecule has 0 bridgehead atoms. The van der Waals surface area contributed by atoms with E-state index in [2.05, 4.69) is 37.2 Å². The Bertz CT molecular complexity index is 453. The third-order valence-electron chi connectivity index (χ3n) is 1.87. The lowest BCUT2D eigenvalue weighted by atomic mass is 10.3. The molecule has 1 aromatic carbocycles. The number of halogens is 5. The van der Waals surface area contributed by atoms with Crippen LogP contribution in [0, 0.1) is 0 Å². The number of anilines is 1. The third-order valence-corrected chi connectivity index (χ3v) is 3.85. The van der Waals surface area contributed by atoms with Crippen molar-refractivity contribution in [2.75, 3.05) is 5.32 Å². The van der Waals surface area contributed by atoms with E-state index in [-0.39, 0.29) is 11.8 Å². The summed E-state index contributed by atoms with van der Waals surface area (Å²) in [4.78, 5) is 11.6. The Morgan fingerprint density at radius 2 is 2.00 bits per heavy atom. The molecule has 18 heavy (non-hydrogen) atoms. The average Bonchev–Trinajstić information content (AvgIpc) is 2.19. The van der Waals surface area contributed by atoms with Gasteiger partial charge in [-0.05, 0) is 52.8 Å². The van der Waals surface area contributed by atoms with Crippen LogP contribution < -0.4 is 5.32 Å². The van der Waals surface area contributed by atoms with Gasteiger partial charge in [-0.3, -0.25) is 4.79 Å². The van der Waals surface area contributed by atoms with Crippen molar-refractivity contribution in [3.8, 4) is 0 Å². The van der Waals surface area contributed by atoms with Crippen molar-refractivity contribution >= 4 is 55.2 Å². The summed E-state index contributed by atoms with van der Waals surface area (Å²) in [5, 5.41) is 1.22. The maximum absolute atomic E-state index is 12.1. The first kappa shape index (κ1) is 15.8.